The van der Waals surface area contributed by atoms with Crippen molar-refractivity contribution in [3.63, 3.8) is 0 Å². The van der Waals surface area contributed by atoms with E-state index in [2.05, 4.69) is 5.32 Å². The van der Waals surface area contributed by atoms with Crippen molar-refractivity contribution in [1.29, 1.82) is 0 Å². The summed E-state index contributed by atoms with van der Waals surface area (Å²) in [5, 5.41) is 22.6. The van der Waals surface area contributed by atoms with Crippen LogP contribution >= 0.6 is 11.3 Å². The molecule has 0 saturated heterocycles. The van der Waals surface area contributed by atoms with E-state index < -0.39 is 12.1 Å². The van der Waals surface area contributed by atoms with E-state index >= 15 is 0 Å². The number of carbonyl (C=O) groups is 2. The van der Waals surface area contributed by atoms with Crippen LogP contribution in [0.1, 0.15) is 39.4 Å². The standard InChI is InChI=1S/C16H17NO4S/c1-10(18)12-4-2-11(3-5-12)8-17-15(19)7-14-6-13(9-22-14)16(20)21/h2-6,9-10,18H,7-8H2,1H3,(H,17,19)(H,20,21). The number of hydrogen-bond donors (Lipinski definition) is 3. The molecule has 5 nitrogen and oxygen atoms in total. The molecule has 1 aromatic heterocycles. The lowest BCUT2D eigenvalue weighted by Gasteiger charge is -2.07. The zero-order chi connectivity index (χ0) is 16.1. The molecule has 1 aromatic carbocycles. The summed E-state index contributed by atoms with van der Waals surface area (Å²) in [5.74, 6) is -1.14. The van der Waals surface area contributed by atoms with Crippen LogP contribution in [0.4, 0.5) is 0 Å². The Kier molecular flexibility index (Phi) is 5.30. The minimum atomic E-state index is -0.985. The van der Waals surface area contributed by atoms with Gasteiger partial charge in [0.25, 0.3) is 0 Å². The maximum absolute atomic E-state index is 11.8. The number of rotatable bonds is 6. The number of aromatic carboxylic acids is 1. The minimum absolute atomic E-state index is 0.154. The van der Waals surface area contributed by atoms with Crippen LogP contribution in [0.25, 0.3) is 0 Å². The fraction of sp³-hybridized carbons (Fsp3) is 0.250. The number of carbonyl (C=O) groups excluding carboxylic acids is 1. The van der Waals surface area contributed by atoms with Crippen molar-refractivity contribution >= 4 is 23.2 Å². The Morgan fingerprint density at radius 2 is 1.95 bits per heavy atom. The molecule has 0 aliphatic heterocycles. The number of amides is 1. The highest BCUT2D eigenvalue weighted by atomic mass is 32.1. The van der Waals surface area contributed by atoms with Crippen molar-refractivity contribution in [2.24, 2.45) is 0 Å². The maximum Gasteiger partial charge on any atom is 0.336 e. The van der Waals surface area contributed by atoms with Gasteiger partial charge in [-0.15, -0.1) is 11.3 Å². The molecular weight excluding hydrogens is 302 g/mol. The molecular formula is C16H17NO4S. The largest absolute Gasteiger partial charge is 0.478 e. The highest BCUT2D eigenvalue weighted by Crippen LogP contribution is 2.16. The number of carboxylic acids is 1. The van der Waals surface area contributed by atoms with Crippen LogP contribution in [-0.4, -0.2) is 22.1 Å². The third kappa shape index (κ3) is 4.41. The fourth-order valence-electron chi connectivity index (χ4n) is 1.92. The molecule has 6 heteroatoms. The first-order valence-corrected chi connectivity index (χ1v) is 7.68. The van der Waals surface area contributed by atoms with Crippen molar-refractivity contribution in [1.82, 2.24) is 5.32 Å². The van der Waals surface area contributed by atoms with Gasteiger partial charge in [-0.25, -0.2) is 4.79 Å². The van der Waals surface area contributed by atoms with E-state index in [9.17, 15) is 14.7 Å². The summed E-state index contributed by atoms with van der Waals surface area (Å²) in [6.45, 7) is 2.10. The van der Waals surface area contributed by atoms with E-state index in [0.717, 1.165) is 16.0 Å². The van der Waals surface area contributed by atoms with Crippen molar-refractivity contribution in [3.05, 3.63) is 57.3 Å². The Hall–Kier alpha value is -2.18. The molecule has 0 aliphatic rings. The maximum atomic E-state index is 11.8. The van der Waals surface area contributed by atoms with Crippen LogP contribution in [0.5, 0.6) is 0 Å². The van der Waals surface area contributed by atoms with Crippen LogP contribution in [0.2, 0.25) is 0 Å². The number of benzene rings is 1. The Labute approximate surface area is 132 Å². The first kappa shape index (κ1) is 16.2. The number of aliphatic hydroxyl groups excluding tert-OH is 1. The molecule has 1 unspecified atom stereocenters. The highest BCUT2D eigenvalue weighted by molar-refractivity contribution is 7.10. The third-order valence-corrected chi connectivity index (χ3v) is 4.12. The van der Waals surface area contributed by atoms with Crippen molar-refractivity contribution < 1.29 is 19.8 Å². The van der Waals surface area contributed by atoms with Crippen LogP contribution in [0.3, 0.4) is 0 Å². The smallest absolute Gasteiger partial charge is 0.336 e. The zero-order valence-electron chi connectivity index (χ0n) is 12.1. The molecule has 3 N–H and O–H groups in total. The molecule has 0 radical (unpaired) electrons. The van der Waals surface area contributed by atoms with E-state index in [1.165, 1.54) is 22.8 Å². The van der Waals surface area contributed by atoms with Gasteiger partial charge >= 0.3 is 5.97 Å². The van der Waals surface area contributed by atoms with Gasteiger partial charge in [-0.05, 0) is 24.1 Å². The van der Waals surface area contributed by atoms with E-state index in [-0.39, 0.29) is 17.9 Å². The summed E-state index contributed by atoms with van der Waals surface area (Å²) in [7, 11) is 0. The number of nitrogens with one attached hydrogen (secondary N) is 1. The van der Waals surface area contributed by atoms with Crippen LogP contribution in [0, 0.1) is 0 Å². The van der Waals surface area contributed by atoms with Crippen molar-refractivity contribution in [3.8, 4) is 0 Å². The Morgan fingerprint density at radius 3 is 2.50 bits per heavy atom. The van der Waals surface area contributed by atoms with Gasteiger partial charge in [-0.3, -0.25) is 4.79 Å². The van der Waals surface area contributed by atoms with Gasteiger partial charge in [0.15, 0.2) is 0 Å². The van der Waals surface area contributed by atoms with Gasteiger partial charge in [-0.1, -0.05) is 24.3 Å². The molecule has 2 aromatic rings. The minimum Gasteiger partial charge on any atom is -0.478 e. The van der Waals surface area contributed by atoms with E-state index in [0.29, 0.717) is 6.54 Å². The zero-order valence-corrected chi connectivity index (χ0v) is 12.9. The SMILES string of the molecule is CC(O)c1ccc(CNC(=O)Cc2cc(C(=O)O)cs2)cc1. The first-order chi connectivity index (χ1) is 10.5. The quantitative estimate of drug-likeness (QED) is 0.763. The highest BCUT2D eigenvalue weighted by Gasteiger charge is 2.10. The molecule has 0 bridgehead atoms. The summed E-state index contributed by atoms with van der Waals surface area (Å²) in [4.78, 5) is 23.3. The molecule has 0 fully saturated rings. The molecule has 0 spiro atoms. The summed E-state index contributed by atoms with van der Waals surface area (Å²) in [6.07, 6.45) is -0.338. The van der Waals surface area contributed by atoms with E-state index in [1.54, 1.807) is 6.92 Å². The predicted octanol–water partition coefficient (Wildman–Crippen LogP) is 2.36. The molecule has 0 saturated carbocycles. The summed E-state index contributed by atoms with van der Waals surface area (Å²) in [5.41, 5.74) is 1.98. The van der Waals surface area contributed by atoms with Crippen LogP contribution in [-0.2, 0) is 17.8 Å². The fourth-order valence-corrected chi connectivity index (χ4v) is 2.78. The van der Waals surface area contributed by atoms with Crippen molar-refractivity contribution in [2.45, 2.75) is 26.0 Å². The number of aliphatic hydroxyl groups is 1. The van der Waals surface area contributed by atoms with Crippen LogP contribution < -0.4 is 5.32 Å². The Morgan fingerprint density at radius 1 is 1.27 bits per heavy atom. The normalized spacial score (nSPS) is 11.9. The van der Waals surface area contributed by atoms with Gasteiger partial charge in [0, 0.05) is 16.8 Å². The Balaban J connectivity index is 1.85. The second-order valence-corrected chi connectivity index (χ2v) is 5.97. The lowest BCUT2D eigenvalue weighted by molar-refractivity contribution is -0.120. The topological polar surface area (TPSA) is 86.6 Å². The summed E-state index contributed by atoms with van der Waals surface area (Å²) >= 11 is 1.26. The monoisotopic (exact) mass is 319 g/mol. The second kappa shape index (κ2) is 7.20. The molecule has 116 valence electrons. The molecule has 22 heavy (non-hydrogen) atoms. The lowest BCUT2D eigenvalue weighted by atomic mass is 10.1. The molecule has 1 amide bonds. The van der Waals surface area contributed by atoms with E-state index in [4.69, 9.17) is 5.11 Å². The van der Waals surface area contributed by atoms with Gasteiger partial charge in [0.2, 0.25) is 5.91 Å². The molecule has 1 atom stereocenters. The number of carboxylic acid groups (broad SMARTS) is 1. The van der Waals surface area contributed by atoms with Gasteiger partial charge in [0.05, 0.1) is 18.1 Å². The average Bonchev–Trinajstić information content (AvgIpc) is 2.94. The summed E-state index contributed by atoms with van der Waals surface area (Å²) in [6, 6.07) is 8.88. The van der Waals surface area contributed by atoms with Gasteiger partial charge in [0.1, 0.15) is 0 Å². The average molecular weight is 319 g/mol. The lowest BCUT2D eigenvalue weighted by Crippen LogP contribution is -2.24. The second-order valence-electron chi connectivity index (χ2n) is 4.98. The molecule has 1 heterocycles. The van der Waals surface area contributed by atoms with Gasteiger partial charge < -0.3 is 15.5 Å². The molecule has 2 rings (SSSR count). The molecule has 0 aliphatic carbocycles. The summed E-state index contributed by atoms with van der Waals surface area (Å²) < 4.78 is 0. The van der Waals surface area contributed by atoms with Crippen molar-refractivity contribution in [2.75, 3.05) is 0 Å². The third-order valence-electron chi connectivity index (χ3n) is 3.19. The number of hydrogen-bond acceptors (Lipinski definition) is 4. The predicted molar refractivity (Wildman–Crippen MR) is 83.9 cm³/mol. The van der Waals surface area contributed by atoms with E-state index in [1.807, 2.05) is 24.3 Å². The first-order valence-electron chi connectivity index (χ1n) is 6.80. The Bertz CT molecular complexity index is 661. The van der Waals surface area contributed by atoms with Crippen LogP contribution in [0.15, 0.2) is 35.7 Å². The van der Waals surface area contributed by atoms with Gasteiger partial charge in [-0.2, -0.15) is 0 Å². The number of thiophene rings is 1.